The molecular formula is C23H18N4O2. The molecule has 0 unspecified atom stereocenters. The predicted octanol–water partition coefficient (Wildman–Crippen LogP) is 3.79. The smallest absolute Gasteiger partial charge is 0.250 e. The number of rotatable bonds is 4. The number of methoxy groups -OCH3 is 1. The minimum absolute atomic E-state index is 0.103. The van der Waals surface area contributed by atoms with E-state index in [0.29, 0.717) is 17.0 Å². The van der Waals surface area contributed by atoms with E-state index in [0.717, 1.165) is 22.3 Å². The second kappa shape index (κ2) is 7.49. The number of nitriles is 1. The summed E-state index contributed by atoms with van der Waals surface area (Å²) in [4.78, 5) is 12.3. The number of hydrogen-bond donors (Lipinski definition) is 0. The number of pyridine rings is 1. The Labute approximate surface area is 167 Å². The van der Waals surface area contributed by atoms with Crippen LogP contribution in [0.5, 0.6) is 5.75 Å². The van der Waals surface area contributed by atoms with Crippen molar-refractivity contribution in [3.8, 4) is 39.8 Å². The van der Waals surface area contributed by atoms with Gasteiger partial charge in [0.15, 0.2) is 0 Å². The maximum atomic E-state index is 12.3. The van der Waals surface area contributed by atoms with Gasteiger partial charge in [0.1, 0.15) is 11.8 Å². The largest absolute Gasteiger partial charge is 0.497 e. The van der Waals surface area contributed by atoms with E-state index >= 15 is 0 Å². The van der Waals surface area contributed by atoms with Crippen LogP contribution >= 0.6 is 0 Å². The molecule has 0 saturated carbocycles. The van der Waals surface area contributed by atoms with Crippen molar-refractivity contribution in [1.29, 1.82) is 5.26 Å². The molecule has 4 aromatic rings. The summed E-state index contributed by atoms with van der Waals surface area (Å²) in [6.45, 7) is 0. The van der Waals surface area contributed by atoms with Crippen molar-refractivity contribution in [1.82, 2.24) is 14.3 Å². The molecule has 0 aliphatic carbocycles. The van der Waals surface area contributed by atoms with Gasteiger partial charge < -0.3 is 9.30 Å². The van der Waals surface area contributed by atoms with Gasteiger partial charge in [0.2, 0.25) is 0 Å². The van der Waals surface area contributed by atoms with Crippen LogP contribution in [0.15, 0.2) is 78.0 Å². The average Bonchev–Trinajstić information content (AvgIpc) is 3.25. The molecule has 0 amide bonds. The lowest BCUT2D eigenvalue weighted by Gasteiger charge is -2.11. The zero-order valence-electron chi connectivity index (χ0n) is 16.0. The fourth-order valence-electron chi connectivity index (χ4n) is 3.25. The van der Waals surface area contributed by atoms with Crippen molar-refractivity contribution in [2.24, 2.45) is 7.05 Å². The third-order valence-corrected chi connectivity index (χ3v) is 4.77. The van der Waals surface area contributed by atoms with E-state index in [1.165, 1.54) is 0 Å². The Balaban J connectivity index is 1.88. The Morgan fingerprint density at radius 2 is 1.83 bits per heavy atom. The Morgan fingerprint density at radius 1 is 1.00 bits per heavy atom. The molecule has 6 heteroatoms. The molecule has 6 nitrogen and oxygen atoms in total. The zero-order valence-corrected chi connectivity index (χ0v) is 16.0. The van der Waals surface area contributed by atoms with Gasteiger partial charge >= 0.3 is 0 Å². The summed E-state index contributed by atoms with van der Waals surface area (Å²) < 4.78 is 8.55. The number of ether oxygens (including phenoxy) is 1. The summed E-state index contributed by atoms with van der Waals surface area (Å²) in [6, 6.07) is 18.7. The summed E-state index contributed by atoms with van der Waals surface area (Å²) in [5.41, 5.74) is 4.51. The lowest BCUT2D eigenvalue weighted by atomic mass is 9.98. The molecule has 2 heterocycles. The van der Waals surface area contributed by atoms with Gasteiger partial charge in [-0.25, -0.2) is 4.68 Å². The monoisotopic (exact) mass is 382 g/mol. The lowest BCUT2D eigenvalue weighted by Crippen LogP contribution is -2.15. The van der Waals surface area contributed by atoms with Gasteiger partial charge in [-0.15, -0.1) is 0 Å². The maximum Gasteiger partial charge on any atom is 0.250 e. The minimum Gasteiger partial charge on any atom is -0.497 e. The zero-order chi connectivity index (χ0) is 20.4. The van der Waals surface area contributed by atoms with Gasteiger partial charge in [-0.3, -0.25) is 4.79 Å². The second-order valence-electron chi connectivity index (χ2n) is 6.58. The van der Waals surface area contributed by atoms with Crippen molar-refractivity contribution in [2.75, 3.05) is 7.11 Å². The van der Waals surface area contributed by atoms with E-state index in [1.54, 1.807) is 47.9 Å². The van der Waals surface area contributed by atoms with Crippen LogP contribution in [0.4, 0.5) is 0 Å². The standard InChI is InChI=1S/C23H18N4O2/c1-26-15-21(20(11-23(26)28)16-7-5-8-19(10-16)29-2)18-13-25-27(14-18)22-9-4-3-6-17(22)12-24/h3-11,13-15H,1-2H3. The third-order valence-electron chi connectivity index (χ3n) is 4.77. The number of benzene rings is 2. The first-order chi connectivity index (χ1) is 14.1. The van der Waals surface area contributed by atoms with Crippen LogP contribution in [0.25, 0.3) is 27.9 Å². The Bertz CT molecular complexity index is 1290. The summed E-state index contributed by atoms with van der Waals surface area (Å²) in [7, 11) is 3.33. The maximum absolute atomic E-state index is 12.3. The molecule has 29 heavy (non-hydrogen) atoms. The molecule has 0 fully saturated rings. The third kappa shape index (κ3) is 3.42. The van der Waals surface area contributed by atoms with Crippen molar-refractivity contribution in [2.45, 2.75) is 0 Å². The van der Waals surface area contributed by atoms with Gasteiger partial charge in [0, 0.05) is 36.6 Å². The number of aryl methyl sites for hydroxylation is 1. The van der Waals surface area contributed by atoms with E-state index in [2.05, 4.69) is 11.2 Å². The summed E-state index contributed by atoms with van der Waals surface area (Å²) in [6.07, 6.45) is 5.39. The van der Waals surface area contributed by atoms with Gasteiger partial charge in [0.05, 0.1) is 24.6 Å². The Kier molecular flexibility index (Phi) is 4.71. The first kappa shape index (κ1) is 18.3. The van der Waals surface area contributed by atoms with Gasteiger partial charge in [-0.05, 0) is 35.4 Å². The van der Waals surface area contributed by atoms with Gasteiger partial charge in [-0.1, -0.05) is 24.3 Å². The molecule has 0 radical (unpaired) electrons. The molecule has 0 saturated heterocycles. The van der Waals surface area contributed by atoms with Crippen LogP contribution in [0, 0.1) is 11.3 Å². The second-order valence-corrected chi connectivity index (χ2v) is 6.58. The van der Waals surface area contributed by atoms with E-state index in [9.17, 15) is 10.1 Å². The van der Waals surface area contributed by atoms with Crippen LogP contribution in [0.3, 0.4) is 0 Å². The average molecular weight is 382 g/mol. The van der Waals surface area contributed by atoms with E-state index in [4.69, 9.17) is 4.74 Å². The van der Waals surface area contributed by atoms with Crippen molar-refractivity contribution in [3.05, 3.63) is 89.1 Å². The fraction of sp³-hybridized carbons (Fsp3) is 0.0870. The summed E-state index contributed by atoms with van der Waals surface area (Å²) in [5, 5.41) is 13.8. The molecule has 0 aliphatic heterocycles. The van der Waals surface area contributed by atoms with Gasteiger partial charge in [0.25, 0.3) is 5.56 Å². The lowest BCUT2D eigenvalue weighted by molar-refractivity contribution is 0.415. The molecule has 0 bridgehead atoms. The topological polar surface area (TPSA) is 72.8 Å². The van der Waals surface area contributed by atoms with Crippen LogP contribution in [0.1, 0.15) is 5.56 Å². The molecular weight excluding hydrogens is 364 g/mol. The highest BCUT2D eigenvalue weighted by Crippen LogP contribution is 2.32. The number of aromatic nitrogens is 3. The Morgan fingerprint density at radius 3 is 2.62 bits per heavy atom. The van der Waals surface area contributed by atoms with Crippen molar-refractivity contribution in [3.63, 3.8) is 0 Å². The molecule has 0 atom stereocenters. The molecule has 4 rings (SSSR count). The van der Waals surface area contributed by atoms with Crippen LogP contribution in [-0.2, 0) is 7.05 Å². The molecule has 142 valence electrons. The molecule has 0 spiro atoms. The normalized spacial score (nSPS) is 10.5. The first-order valence-corrected chi connectivity index (χ1v) is 9.00. The first-order valence-electron chi connectivity index (χ1n) is 9.00. The summed E-state index contributed by atoms with van der Waals surface area (Å²) >= 11 is 0. The highest BCUT2D eigenvalue weighted by molar-refractivity contribution is 5.83. The molecule has 2 aromatic heterocycles. The van der Waals surface area contributed by atoms with Crippen LogP contribution < -0.4 is 10.3 Å². The molecule has 2 aromatic carbocycles. The van der Waals surface area contributed by atoms with E-state index in [1.807, 2.05) is 48.7 Å². The fourth-order valence-corrected chi connectivity index (χ4v) is 3.25. The summed E-state index contributed by atoms with van der Waals surface area (Å²) in [5.74, 6) is 0.716. The number of hydrogen-bond acceptors (Lipinski definition) is 4. The highest BCUT2D eigenvalue weighted by Gasteiger charge is 2.14. The van der Waals surface area contributed by atoms with E-state index in [-0.39, 0.29) is 5.56 Å². The van der Waals surface area contributed by atoms with Crippen molar-refractivity contribution < 1.29 is 4.74 Å². The van der Waals surface area contributed by atoms with E-state index < -0.39 is 0 Å². The highest BCUT2D eigenvalue weighted by atomic mass is 16.5. The van der Waals surface area contributed by atoms with Crippen molar-refractivity contribution >= 4 is 0 Å². The molecule has 0 N–H and O–H groups in total. The SMILES string of the molecule is COc1cccc(-c2cc(=O)n(C)cc2-c2cnn(-c3ccccc3C#N)c2)c1. The molecule has 0 aliphatic rings. The van der Waals surface area contributed by atoms with Crippen LogP contribution in [0.2, 0.25) is 0 Å². The number of para-hydroxylation sites is 1. The Hall–Kier alpha value is -4.11. The van der Waals surface area contributed by atoms with Crippen LogP contribution in [-0.4, -0.2) is 21.5 Å². The minimum atomic E-state index is -0.103. The predicted molar refractivity (Wildman–Crippen MR) is 111 cm³/mol. The van der Waals surface area contributed by atoms with Gasteiger partial charge in [-0.2, -0.15) is 10.4 Å². The number of nitrogens with zero attached hydrogens (tertiary/aromatic N) is 4. The quantitative estimate of drug-likeness (QED) is 0.538.